The van der Waals surface area contributed by atoms with Gasteiger partial charge in [0.05, 0.1) is 4.90 Å². The van der Waals surface area contributed by atoms with Gasteiger partial charge in [-0.2, -0.15) is 0 Å². The number of hydrogen-bond donors (Lipinski definition) is 2. The first-order valence-corrected chi connectivity index (χ1v) is 8.73. The largest absolute Gasteiger partial charge is 0.316 e. The second-order valence-corrected chi connectivity index (χ2v) is 7.61. The molecule has 106 valence electrons. The summed E-state index contributed by atoms with van der Waals surface area (Å²) in [5.74, 6) is 0.589. The van der Waals surface area contributed by atoms with Crippen molar-refractivity contribution in [3.8, 4) is 0 Å². The molecular formula is C13H19BrN2O2S. The van der Waals surface area contributed by atoms with Gasteiger partial charge in [0.2, 0.25) is 10.0 Å². The number of aryl methyl sites for hydroxylation is 1. The summed E-state index contributed by atoms with van der Waals surface area (Å²) in [4.78, 5) is 0.353. The number of halogens is 1. The number of sulfonamides is 1. The quantitative estimate of drug-likeness (QED) is 0.857. The molecule has 0 spiro atoms. The molecule has 0 aliphatic carbocycles. The fourth-order valence-corrected chi connectivity index (χ4v) is 4.13. The van der Waals surface area contributed by atoms with E-state index in [0.717, 1.165) is 36.0 Å². The molecule has 2 N–H and O–H groups in total. The van der Waals surface area contributed by atoms with E-state index in [2.05, 4.69) is 26.0 Å². The summed E-state index contributed by atoms with van der Waals surface area (Å²) in [6, 6.07) is 5.30. The Bertz CT molecular complexity index is 540. The van der Waals surface area contributed by atoms with E-state index in [9.17, 15) is 8.42 Å². The lowest BCUT2D eigenvalue weighted by Crippen LogP contribution is -2.27. The minimum Gasteiger partial charge on any atom is -0.316 e. The van der Waals surface area contributed by atoms with E-state index < -0.39 is 10.0 Å². The zero-order chi connectivity index (χ0) is 13.9. The van der Waals surface area contributed by atoms with E-state index >= 15 is 0 Å². The molecule has 1 heterocycles. The van der Waals surface area contributed by atoms with Crippen LogP contribution >= 0.6 is 15.9 Å². The predicted octanol–water partition coefficient (Wildman–Crippen LogP) is 2.04. The Labute approximate surface area is 123 Å². The van der Waals surface area contributed by atoms with Gasteiger partial charge in [-0.3, -0.25) is 0 Å². The number of rotatable bonds is 5. The SMILES string of the molecule is Cc1ccc(Br)cc1S(=O)(=O)NCC[C@@H]1CCNC1. The van der Waals surface area contributed by atoms with Crippen molar-refractivity contribution in [3.63, 3.8) is 0 Å². The summed E-state index contributed by atoms with van der Waals surface area (Å²) in [6.45, 7) is 4.35. The molecule has 2 rings (SSSR count). The van der Waals surface area contributed by atoms with E-state index in [-0.39, 0.29) is 0 Å². The molecule has 0 bridgehead atoms. The molecule has 0 amide bonds. The topological polar surface area (TPSA) is 58.2 Å². The van der Waals surface area contributed by atoms with E-state index in [1.165, 1.54) is 0 Å². The molecule has 0 aromatic heterocycles. The Kier molecular flexibility index (Phi) is 5.00. The van der Waals surface area contributed by atoms with Gasteiger partial charge in [-0.25, -0.2) is 13.1 Å². The van der Waals surface area contributed by atoms with Crippen LogP contribution in [-0.4, -0.2) is 28.1 Å². The van der Waals surface area contributed by atoms with Crippen LogP contribution in [0.5, 0.6) is 0 Å². The Hall–Kier alpha value is -0.430. The molecular weight excluding hydrogens is 328 g/mol. The number of benzene rings is 1. The van der Waals surface area contributed by atoms with Crippen molar-refractivity contribution in [2.75, 3.05) is 19.6 Å². The smallest absolute Gasteiger partial charge is 0.240 e. The second-order valence-electron chi connectivity index (χ2n) is 4.96. The van der Waals surface area contributed by atoms with Crippen molar-refractivity contribution in [2.45, 2.75) is 24.7 Å². The predicted molar refractivity (Wildman–Crippen MR) is 79.7 cm³/mol. The van der Waals surface area contributed by atoms with Gasteiger partial charge in [-0.1, -0.05) is 22.0 Å². The number of nitrogens with one attached hydrogen (secondary N) is 2. The lowest BCUT2D eigenvalue weighted by atomic mass is 10.1. The third-order valence-electron chi connectivity index (χ3n) is 3.45. The minimum absolute atomic E-state index is 0.353. The Morgan fingerprint density at radius 3 is 2.95 bits per heavy atom. The molecule has 19 heavy (non-hydrogen) atoms. The maximum absolute atomic E-state index is 12.2. The highest BCUT2D eigenvalue weighted by Crippen LogP contribution is 2.20. The molecule has 0 unspecified atom stereocenters. The molecule has 1 atom stereocenters. The summed E-state index contributed by atoms with van der Waals surface area (Å²) < 4.78 is 27.9. The summed E-state index contributed by atoms with van der Waals surface area (Å²) in [5.41, 5.74) is 0.762. The van der Waals surface area contributed by atoms with Crippen LogP contribution in [0.15, 0.2) is 27.6 Å². The first kappa shape index (κ1) is 15.0. The van der Waals surface area contributed by atoms with Gasteiger partial charge in [0.15, 0.2) is 0 Å². The van der Waals surface area contributed by atoms with Gasteiger partial charge in [0, 0.05) is 11.0 Å². The molecule has 0 saturated carbocycles. The van der Waals surface area contributed by atoms with Crippen LogP contribution in [0, 0.1) is 12.8 Å². The zero-order valence-electron chi connectivity index (χ0n) is 10.9. The van der Waals surface area contributed by atoms with Crippen LogP contribution in [0.1, 0.15) is 18.4 Å². The highest BCUT2D eigenvalue weighted by molar-refractivity contribution is 9.10. The normalized spacial score (nSPS) is 19.8. The molecule has 4 nitrogen and oxygen atoms in total. The fraction of sp³-hybridized carbons (Fsp3) is 0.538. The first-order chi connectivity index (χ1) is 8.99. The van der Waals surface area contributed by atoms with Crippen molar-refractivity contribution in [3.05, 3.63) is 28.2 Å². The molecule has 1 saturated heterocycles. The standard InChI is InChI=1S/C13H19BrN2O2S/c1-10-2-3-12(14)8-13(10)19(17,18)16-7-5-11-4-6-15-9-11/h2-3,8,11,15-16H,4-7,9H2,1H3/t11-/m0/s1. The van der Waals surface area contributed by atoms with E-state index in [1.54, 1.807) is 12.1 Å². The fourth-order valence-electron chi connectivity index (χ4n) is 2.30. The highest BCUT2D eigenvalue weighted by atomic mass is 79.9. The third-order valence-corrected chi connectivity index (χ3v) is 5.54. The lowest BCUT2D eigenvalue weighted by Gasteiger charge is -2.12. The van der Waals surface area contributed by atoms with Gasteiger partial charge in [0.1, 0.15) is 0 Å². The first-order valence-electron chi connectivity index (χ1n) is 6.45. The molecule has 1 aromatic carbocycles. The van der Waals surface area contributed by atoms with Crippen molar-refractivity contribution < 1.29 is 8.42 Å². The number of hydrogen-bond acceptors (Lipinski definition) is 3. The van der Waals surface area contributed by atoms with Crippen LogP contribution < -0.4 is 10.0 Å². The summed E-state index contributed by atoms with van der Waals surface area (Å²) >= 11 is 3.31. The molecule has 0 radical (unpaired) electrons. The van der Waals surface area contributed by atoms with Crippen LogP contribution in [-0.2, 0) is 10.0 Å². The van der Waals surface area contributed by atoms with E-state index in [4.69, 9.17) is 0 Å². The van der Waals surface area contributed by atoms with Gasteiger partial charge < -0.3 is 5.32 Å². The summed E-state index contributed by atoms with van der Waals surface area (Å²) in [7, 11) is -3.41. The van der Waals surface area contributed by atoms with Gasteiger partial charge in [0.25, 0.3) is 0 Å². The summed E-state index contributed by atoms with van der Waals surface area (Å²) in [5, 5.41) is 3.28. The Balaban J connectivity index is 1.99. The molecule has 6 heteroatoms. The average molecular weight is 347 g/mol. The average Bonchev–Trinajstić information content (AvgIpc) is 2.85. The Morgan fingerprint density at radius 1 is 1.47 bits per heavy atom. The molecule has 1 aliphatic heterocycles. The molecule has 1 fully saturated rings. The van der Waals surface area contributed by atoms with Crippen LogP contribution in [0.3, 0.4) is 0 Å². The Morgan fingerprint density at radius 2 is 2.26 bits per heavy atom. The lowest BCUT2D eigenvalue weighted by molar-refractivity contribution is 0.519. The zero-order valence-corrected chi connectivity index (χ0v) is 13.4. The van der Waals surface area contributed by atoms with Crippen molar-refractivity contribution in [1.29, 1.82) is 0 Å². The van der Waals surface area contributed by atoms with Crippen LogP contribution in [0.4, 0.5) is 0 Å². The maximum atomic E-state index is 12.2. The van der Waals surface area contributed by atoms with Crippen LogP contribution in [0.25, 0.3) is 0 Å². The summed E-state index contributed by atoms with van der Waals surface area (Å²) in [6.07, 6.45) is 2.02. The van der Waals surface area contributed by atoms with Crippen molar-refractivity contribution >= 4 is 26.0 Å². The minimum atomic E-state index is -3.41. The molecule has 1 aliphatic rings. The second kappa shape index (κ2) is 6.35. The van der Waals surface area contributed by atoms with E-state index in [1.807, 2.05) is 13.0 Å². The van der Waals surface area contributed by atoms with Crippen molar-refractivity contribution in [2.24, 2.45) is 5.92 Å². The van der Waals surface area contributed by atoms with Gasteiger partial charge in [-0.15, -0.1) is 0 Å². The van der Waals surface area contributed by atoms with Gasteiger partial charge in [-0.05, 0) is 56.5 Å². The van der Waals surface area contributed by atoms with E-state index in [0.29, 0.717) is 17.4 Å². The van der Waals surface area contributed by atoms with Crippen molar-refractivity contribution in [1.82, 2.24) is 10.0 Å². The van der Waals surface area contributed by atoms with Gasteiger partial charge >= 0.3 is 0 Å². The monoisotopic (exact) mass is 346 g/mol. The highest BCUT2D eigenvalue weighted by Gasteiger charge is 2.19. The maximum Gasteiger partial charge on any atom is 0.240 e. The van der Waals surface area contributed by atoms with Crippen LogP contribution in [0.2, 0.25) is 0 Å². The molecule has 1 aromatic rings. The third kappa shape index (κ3) is 4.02.